The maximum Gasteiger partial charge on any atom is 0.311 e. The number of carbonyl (C=O) groups is 1. The Morgan fingerprint density at radius 3 is 2.72 bits per heavy atom. The third kappa shape index (κ3) is 6.01. The molecule has 2 aliphatic rings. The van der Waals surface area contributed by atoms with E-state index in [4.69, 9.17) is 14.5 Å². The number of morpholine rings is 1. The molecule has 3 aromatic rings. The number of benzene rings is 2. The van der Waals surface area contributed by atoms with Crippen LogP contribution in [-0.2, 0) is 9.53 Å². The number of para-hydroxylation sites is 1. The van der Waals surface area contributed by atoms with Crippen molar-refractivity contribution in [1.82, 2.24) is 14.6 Å². The van der Waals surface area contributed by atoms with Gasteiger partial charge < -0.3 is 14.4 Å². The summed E-state index contributed by atoms with van der Waals surface area (Å²) in [5.74, 6) is 0.265. The molecule has 0 unspecified atom stereocenters. The Morgan fingerprint density at radius 2 is 1.97 bits per heavy atom. The maximum atomic E-state index is 13.6. The van der Waals surface area contributed by atoms with Crippen LogP contribution in [0.5, 0.6) is 5.75 Å². The van der Waals surface area contributed by atoms with Gasteiger partial charge in [0.05, 0.1) is 35.3 Å². The van der Waals surface area contributed by atoms with E-state index in [1.807, 2.05) is 6.07 Å². The monoisotopic (exact) mass is 597 g/mol. The fourth-order valence-electron chi connectivity index (χ4n) is 5.01. The molecule has 39 heavy (non-hydrogen) atoms. The van der Waals surface area contributed by atoms with Gasteiger partial charge in [-0.05, 0) is 37.1 Å². The molecule has 2 fully saturated rings. The molecular weight excluding hydrogens is 570 g/mol. The van der Waals surface area contributed by atoms with Crippen molar-refractivity contribution in [2.24, 2.45) is 5.10 Å². The van der Waals surface area contributed by atoms with E-state index in [2.05, 4.69) is 21.0 Å². The largest absolute Gasteiger partial charge is 0.476 e. The minimum atomic E-state index is -0.569. The van der Waals surface area contributed by atoms with Crippen molar-refractivity contribution >= 4 is 44.6 Å². The number of hydrogen-bond donors (Lipinski definition) is 0. The fraction of sp³-hybridized carbons (Fsp3) is 0.407. The van der Waals surface area contributed by atoms with Crippen LogP contribution in [0.1, 0.15) is 49.4 Å². The Bertz CT molecular complexity index is 1480. The van der Waals surface area contributed by atoms with E-state index >= 15 is 0 Å². The number of nitro benzene ring substituents is 1. The molecule has 0 radical (unpaired) electrons. The molecule has 2 aromatic carbocycles. The van der Waals surface area contributed by atoms with Crippen molar-refractivity contribution in [3.63, 3.8) is 0 Å². The second-order valence-corrected chi connectivity index (χ2v) is 10.5. The number of halogens is 1. The van der Waals surface area contributed by atoms with Crippen molar-refractivity contribution < 1.29 is 19.2 Å². The Balaban J connectivity index is 1.53. The average Bonchev–Trinajstić information content (AvgIpc) is 2.96. The summed E-state index contributed by atoms with van der Waals surface area (Å²) >= 11 is 3.42. The molecule has 0 atom stereocenters. The van der Waals surface area contributed by atoms with Gasteiger partial charge in [0, 0.05) is 35.1 Å². The summed E-state index contributed by atoms with van der Waals surface area (Å²) in [6.07, 6.45) is 6.39. The topological polar surface area (TPSA) is 129 Å². The number of carbonyl (C=O) groups excluding carboxylic acids is 1. The molecule has 1 aliphatic carbocycles. The molecule has 1 aromatic heterocycles. The summed E-state index contributed by atoms with van der Waals surface area (Å²) < 4.78 is 13.0. The van der Waals surface area contributed by atoms with Gasteiger partial charge in [0.2, 0.25) is 5.75 Å². The third-order valence-electron chi connectivity index (χ3n) is 7.04. The summed E-state index contributed by atoms with van der Waals surface area (Å²) in [6, 6.07) is 9.77. The molecule has 0 bridgehead atoms. The van der Waals surface area contributed by atoms with Gasteiger partial charge >= 0.3 is 5.69 Å². The first kappa shape index (κ1) is 26.9. The average molecular weight is 598 g/mol. The van der Waals surface area contributed by atoms with Gasteiger partial charge in [0.25, 0.3) is 11.5 Å². The van der Waals surface area contributed by atoms with Crippen molar-refractivity contribution in [2.45, 2.75) is 38.0 Å². The third-order valence-corrected chi connectivity index (χ3v) is 7.53. The van der Waals surface area contributed by atoms with Crippen LogP contribution in [0.3, 0.4) is 0 Å². The van der Waals surface area contributed by atoms with E-state index < -0.39 is 4.92 Å². The van der Waals surface area contributed by atoms with E-state index in [-0.39, 0.29) is 41.0 Å². The maximum absolute atomic E-state index is 13.6. The first-order valence-corrected chi connectivity index (χ1v) is 13.7. The summed E-state index contributed by atoms with van der Waals surface area (Å²) in [5, 5.41) is 16.7. The molecule has 5 rings (SSSR count). The van der Waals surface area contributed by atoms with Crippen molar-refractivity contribution in [2.75, 3.05) is 32.9 Å². The second kappa shape index (κ2) is 12.0. The normalized spacial score (nSPS) is 16.6. The molecule has 1 amide bonds. The Labute approximate surface area is 232 Å². The number of nitro groups is 1. The van der Waals surface area contributed by atoms with Crippen LogP contribution in [-0.4, -0.2) is 64.5 Å². The van der Waals surface area contributed by atoms with Crippen LogP contribution >= 0.6 is 15.9 Å². The Kier molecular flexibility index (Phi) is 8.32. The van der Waals surface area contributed by atoms with Crippen molar-refractivity contribution in [3.05, 3.63) is 72.7 Å². The van der Waals surface area contributed by atoms with E-state index in [9.17, 15) is 19.7 Å². The van der Waals surface area contributed by atoms with E-state index in [0.29, 0.717) is 43.0 Å². The summed E-state index contributed by atoms with van der Waals surface area (Å²) in [6.45, 7) is 1.37. The number of rotatable bonds is 7. The van der Waals surface area contributed by atoms with Crippen LogP contribution in [0.4, 0.5) is 5.69 Å². The standard InChI is InChI=1S/C27H28BrN5O6/c28-20-9-10-22-21(15-20)27(35)32(26(30-22)18-5-2-1-3-6-18)29-16-19-7-4-8-23(33(36)37)25(19)39-17-24(34)31-11-13-38-14-12-31/h4,7-10,15-16,18H,1-3,5-6,11-14,17H2. The van der Waals surface area contributed by atoms with E-state index in [1.54, 1.807) is 23.1 Å². The zero-order chi connectivity index (χ0) is 27.4. The van der Waals surface area contributed by atoms with Crippen molar-refractivity contribution in [3.8, 4) is 5.75 Å². The SMILES string of the molecule is O=C(COc1c(C=Nn2c(C3CCCCC3)nc3ccc(Br)cc3c2=O)cccc1[N+](=O)[O-])N1CCOCC1. The highest BCUT2D eigenvalue weighted by Crippen LogP contribution is 2.33. The van der Waals surface area contributed by atoms with Crippen LogP contribution in [0.15, 0.2) is 50.8 Å². The molecular formula is C27H28BrN5O6. The molecule has 1 aliphatic heterocycles. The summed E-state index contributed by atoms with van der Waals surface area (Å²) in [5.41, 5.74) is 0.244. The molecule has 2 heterocycles. The van der Waals surface area contributed by atoms with Crippen LogP contribution in [0, 0.1) is 10.1 Å². The highest BCUT2D eigenvalue weighted by Gasteiger charge is 2.24. The summed E-state index contributed by atoms with van der Waals surface area (Å²) in [4.78, 5) is 43.9. The minimum absolute atomic E-state index is 0.0728. The first-order chi connectivity index (χ1) is 18.9. The molecule has 1 saturated heterocycles. The van der Waals surface area contributed by atoms with Gasteiger partial charge in [-0.3, -0.25) is 19.7 Å². The molecule has 1 saturated carbocycles. The zero-order valence-corrected chi connectivity index (χ0v) is 22.8. The van der Waals surface area contributed by atoms with Crippen LogP contribution in [0.25, 0.3) is 10.9 Å². The summed E-state index contributed by atoms with van der Waals surface area (Å²) in [7, 11) is 0. The van der Waals surface area contributed by atoms with E-state index in [1.165, 1.54) is 23.0 Å². The lowest BCUT2D eigenvalue weighted by Gasteiger charge is -2.26. The lowest BCUT2D eigenvalue weighted by atomic mass is 9.88. The smallest absolute Gasteiger partial charge is 0.311 e. The highest BCUT2D eigenvalue weighted by atomic mass is 79.9. The molecule has 0 N–H and O–H groups in total. The molecule has 11 nitrogen and oxygen atoms in total. The van der Waals surface area contributed by atoms with E-state index in [0.717, 1.165) is 36.6 Å². The van der Waals surface area contributed by atoms with Gasteiger partial charge in [0.1, 0.15) is 5.82 Å². The number of aromatic nitrogens is 2. The predicted octanol–water partition coefficient (Wildman–Crippen LogP) is 4.23. The number of amides is 1. The fourth-order valence-corrected chi connectivity index (χ4v) is 5.37. The number of hydrogen-bond acceptors (Lipinski definition) is 8. The van der Waals surface area contributed by atoms with Gasteiger partial charge in [-0.1, -0.05) is 41.3 Å². The number of nitrogens with zero attached hydrogens (tertiary/aromatic N) is 5. The van der Waals surface area contributed by atoms with Gasteiger partial charge in [0.15, 0.2) is 6.61 Å². The molecule has 204 valence electrons. The van der Waals surface area contributed by atoms with Crippen LogP contribution < -0.4 is 10.3 Å². The first-order valence-electron chi connectivity index (χ1n) is 12.9. The van der Waals surface area contributed by atoms with Crippen molar-refractivity contribution in [1.29, 1.82) is 0 Å². The van der Waals surface area contributed by atoms with Gasteiger partial charge in [-0.25, -0.2) is 4.98 Å². The molecule has 12 heteroatoms. The Hall–Kier alpha value is -3.64. The number of fused-ring (bicyclic) bond motifs is 1. The van der Waals surface area contributed by atoms with Gasteiger partial charge in [-0.2, -0.15) is 9.78 Å². The highest BCUT2D eigenvalue weighted by molar-refractivity contribution is 9.10. The minimum Gasteiger partial charge on any atom is -0.476 e. The quantitative estimate of drug-likeness (QED) is 0.226. The lowest BCUT2D eigenvalue weighted by Crippen LogP contribution is -2.43. The Morgan fingerprint density at radius 1 is 1.21 bits per heavy atom. The lowest BCUT2D eigenvalue weighted by molar-refractivity contribution is -0.385. The zero-order valence-electron chi connectivity index (χ0n) is 21.3. The van der Waals surface area contributed by atoms with Crippen LogP contribution in [0.2, 0.25) is 0 Å². The second-order valence-electron chi connectivity index (χ2n) is 9.56. The van der Waals surface area contributed by atoms with Gasteiger partial charge in [-0.15, -0.1) is 0 Å². The number of ether oxygens (including phenoxy) is 2. The predicted molar refractivity (Wildman–Crippen MR) is 149 cm³/mol. The molecule has 0 spiro atoms.